The van der Waals surface area contributed by atoms with Gasteiger partial charge < -0.3 is 20.3 Å². The first-order chi connectivity index (χ1) is 33.0. The molecular formula is C61H111NO5. The molecule has 0 fully saturated rings. The van der Waals surface area contributed by atoms with E-state index in [1.807, 2.05) is 0 Å². The molecule has 0 rings (SSSR count). The van der Waals surface area contributed by atoms with Crippen LogP contribution in [0.25, 0.3) is 0 Å². The number of aliphatic hydroxyl groups is 2. The molecule has 3 atom stereocenters. The lowest BCUT2D eigenvalue weighted by molar-refractivity contribution is -0.151. The van der Waals surface area contributed by atoms with Gasteiger partial charge in [-0.1, -0.05) is 242 Å². The topological polar surface area (TPSA) is 95.9 Å². The van der Waals surface area contributed by atoms with Crippen LogP contribution in [0.5, 0.6) is 0 Å². The molecule has 0 aromatic heterocycles. The highest BCUT2D eigenvalue weighted by Crippen LogP contribution is 2.18. The molecule has 1 amide bonds. The largest absolute Gasteiger partial charge is 0.462 e. The quantitative estimate of drug-likeness (QED) is 0.0321. The third-order valence-electron chi connectivity index (χ3n) is 13.1. The van der Waals surface area contributed by atoms with Crippen molar-refractivity contribution in [2.45, 2.75) is 309 Å². The fraction of sp³-hybridized carbons (Fsp3) is 0.803. The number of hydrogen-bond donors (Lipinski definition) is 3. The summed E-state index contributed by atoms with van der Waals surface area (Å²) in [5.74, 6) is -0.499. The molecule has 390 valence electrons. The second-order valence-corrected chi connectivity index (χ2v) is 19.7. The van der Waals surface area contributed by atoms with Crippen LogP contribution in [0.2, 0.25) is 0 Å². The summed E-state index contributed by atoms with van der Waals surface area (Å²) < 4.78 is 5.95. The number of aliphatic hydroxyl groups excluding tert-OH is 2. The maximum absolute atomic E-state index is 13.3. The fourth-order valence-corrected chi connectivity index (χ4v) is 8.64. The summed E-state index contributed by atoms with van der Waals surface area (Å²) in [5.41, 5.74) is 0. The SMILES string of the molecule is CCCCC/C=C\C/C=C\C/C=C\CCCCCCC(=O)OC(CCCCCCCCC/C=C\C/C=C\CCCCC)CC(=O)NC(CO)C(O)CCCCCCCCCCCCCCCC. The summed E-state index contributed by atoms with van der Waals surface area (Å²) in [7, 11) is 0. The van der Waals surface area contributed by atoms with Crippen LogP contribution in [0.3, 0.4) is 0 Å². The molecular weight excluding hydrogens is 827 g/mol. The van der Waals surface area contributed by atoms with Crippen molar-refractivity contribution in [1.82, 2.24) is 5.32 Å². The number of esters is 1. The molecule has 0 saturated carbocycles. The molecule has 67 heavy (non-hydrogen) atoms. The summed E-state index contributed by atoms with van der Waals surface area (Å²) >= 11 is 0. The average molecular weight is 939 g/mol. The second kappa shape index (κ2) is 54.5. The van der Waals surface area contributed by atoms with E-state index < -0.39 is 18.2 Å². The first-order valence-corrected chi connectivity index (χ1v) is 29.0. The Morgan fingerprint density at radius 1 is 0.433 bits per heavy atom. The van der Waals surface area contributed by atoms with Crippen molar-refractivity contribution < 1.29 is 24.5 Å². The van der Waals surface area contributed by atoms with E-state index in [9.17, 15) is 19.8 Å². The number of carbonyl (C=O) groups is 2. The molecule has 0 aliphatic heterocycles. The zero-order valence-electron chi connectivity index (χ0n) is 44.5. The fourth-order valence-electron chi connectivity index (χ4n) is 8.64. The molecule has 0 aromatic rings. The van der Waals surface area contributed by atoms with Crippen molar-refractivity contribution in [3.8, 4) is 0 Å². The van der Waals surface area contributed by atoms with Crippen molar-refractivity contribution in [1.29, 1.82) is 0 Å². The molecule has 0 aliphatic rings. The number of allylic oxidation sites excluding steroid dienone is 10. The maximum Gasteiger partial charge on any atom is 0.306 e. The average Bonchev–Trinajstić information content (AvgIpc) is 3.32. The minimum Gasteiger partial charge on any atom is -0.462 e. The number of hydrogen-bond acceptors (Lipinski definition) is 5. The van der Waals surface area contributed by atoms with Gasteiger partial charge in [0.1, 0.15) is 6.10 Å². The first-order valence-electron chi connectivity index (χ1n) is 29.0. The third kappa shape index (κ3) is 49.8. The minimum absolute atomic E-state index is 0.0628. The number of rotatable bonds is 52. The summed E-state index contributed by atoms with van der Waals surface area (Å²) in [6.45, 7) is 6.45. The maximum atomic E-state index is 13.3. The van der Waals surface area contributed by atoms with Gasteiger partial charge in [-0.15, -0.1) is 0 Å². The smallest absolute Gasteiger partial charge is 0.306 e. The van der Waals surface area contributed by atoms with Crippen LogP contribution >= 0.6 is 0 Å². The van der Waals surface area contributed by atoms with Crippen LogP contribution in [0.4, 0.5) is 0 Å². The molecule has 0 aromatic carbocycles. The van der Waals surface area contributed by atoms with Gasteiger partial charge in [0.15, 0.2) is 0 Å². The monoisotopic (exact) mass is 938 g/mol. The highest BCUT2D eigenvalue weighted by molar-refractivity contribution is 5.77. The Morgan fingerprint density at radius 2 is 0.761 bits per heavy atom. The van der Waals surface area contributed by atoms with E-state index in [1.54, 1.807) is 0 Å². The Bertz CT molecular complexity index is 1190. The third-order valence-corrected chi connectivity index (χ3v) is 13.1. The zero-order valence-corrected chi connectivity index (χ0v) is 44.5. The van der Waals surface area contributed by atoms with Crippen LogP contribution in [0.15, 0.2) is 60.8 Å². The van der Waals surface area contributed by atoms with E-state index in [0.29, 0.717) is 19.3 Å². The van der Waals surface area contributed by atoms with E-state index in [0.717, 1.165) is 96.3 Å². The molecule has 0 radical (unpaired) electrons. The van der Waals surface area contributed by atoms with E-state index in [-0.39, 0.29) is 24.9 Å². The summed E-state index contributed by atoms with van der Waals surface area (Å²) in [4.78, 5) is 26.3. The Labute approximate surface area is 416 Å². The molecule has 6 nitrogen and oxygen atoms in total. The van der Waals surface area contributed by atoms with Crippen LogP contribution in [-0.2, 0) is 14.3 Å². The Kier molecular flexibility index (Phi) is 52.5. The van der Waals surface area contributed by atoms with E-state index in [2.05, 4.69) is 86.8 Å². The summed E-state index contributed by atoms with van der Waals surface area (Å²) in [6.07, 6.45) is 68.5. The Morgan fingerprint density at radius 3 is 1.18 bits per heavy atom. The summed E-state index contributed by atoms with van der Waals surface area (Å²) in [6, 6.07) is -0.711. The van der Waals surface area contributed by atoms with Gasteiger partial charge in [0, 0.05) is 6.42 Å². The zero-order chi connectivity index (χ0) is 48.8. The lowest BCUT2D eigenvalue weighted by Gasteiger charge is -2.24. The van der Waals surface area contributed by atoms with Crippen molar-refractivity contribution >= 4 is 11.9 Å². The highest BCUT2D eigenvalue weighted by Gasteiger charge is 2.24. The summed E-state index contributed by atoms with van der Waals surface area (Å²) in [5, 5.41) is 23.9. The lowest BCUT2D eigenvalue weighted by atomic mass is 10.0. The number of carbonyl (C=O) groups excluding carboxylic acids is 2. The molecule has 6 heteroatoms. The Balaban J connectivity index is 4.62. The predicted octanol–water partition coefficient (Wildman–Crippen LogP) is 18.0. The molecule has 0 heterocycles. The number of amides is 1. The molecule has 0 spiro atoms. The number of ether oxygens (including phenoxy) is 1. The van der Waals surface area contributed by atoms with Gasteiger partial charge in [-0.05, 0) is 96.3 Å². The van der Waals surface area contributed by atoms with Crippen LogP contribution < -0.4 is 5.32 Å². The normalized spacial score (nSPS) is 13.6. The predicted molar refractivity (Wildman–Crippen MR) is 292 cm³/mol. The van der Waals surface area contributed by atoms with Crippen LogP contribution in [0.1, 0.15) is 290 Å². The van der Waals surface area contributed by atoms with E-state index >= 15 is 0 Å². The Hall–Kier alpha value is -2.44. The van der Waals surface area contributed by atoms with Crippen molar-refractivity contribution in [3.63, 3.8) is 0 Å². The van der Waals surface area contributed by atoms with Gasteiger partial charge in [-0.2, -0.15) is 0 Å². The van der Waals surface area contributed by atoms with Crippen molar-refractivity contribution in [2.24, 2.45) is 0 Å². The lowest BCUT2D eigenvalue weighted by Crippen LogP contribution is -2.46. The van der Waals surface area contributed by atoms with E-state index in [1.165, 1.54) is 148 Å². The molecule has 0 saturated heterocycles. The molecule has 3 N–H and O–H groups in total. The minimum atomic E-state index is -0.796. The second-order valence-electron chi connectivity index (χ2n) is 19.7. The van der Waals surface area contributed by atoms with Crippen molar-refractivity contribution in [3.05, 3.63) is 60.8 Å². The van der Waals surface area contributed by atoms with E-state index in [4.69, 9.17) is 4.74 Å². The van der Waals surface area contributed by atoms with Gasteiger partial charge in [0.2, 0.25) is 5.91 Å². The van der Waals surface area contributed by atoms with Gasteiger partial charge in [-0.25, -0.2) is 0 Å². The van der Waals surface area contributed by atoms with Gasteiger partial charge in [-0.3, -0.25) is 9.59 Å². The number of unbranched alkanes of at least 4 members (excludes halogenated alkanes) is 30. The highest BCUT2D eigenvalue weighted by atomic mass is 16.5. The molecule has 0 bridgehead atoms. The van der Waals surface area contributed by atoms with Gasteiger partial charge in [0.05, 0.1) is 25.2 Å². The molecule has 3 unspecified atom stereocenters. The standard InChI is InChI=1S/C61H111NO5/c1-4-7-10-13-16-19-22-25-28-30-32-34-37-40-43-46-49-52-57(67-61(66)54-51-48-45-42-39-36-33-31-29-26-23-20-17-14-11-8-5-2)55-60(65)62-58(56-63)59(64)53-50-47-44-41-38-35-27-24-21-18-15-12-9-6-3/h16-17,19-20,25-26,28-29,33,36,57-59,63-64H,4-15,18,21-24,27,30-32,34-35,37-56H2,1-3H3,(H,62,65)/b19-16-,20-17-,28-25-,29-26-,36-33-. The van der Waals surface area contributed by atoms with Gasteiger partial charge >= 0.3 is 5.97 Å². The van der Waals surface area contributed by atoms with Crippen LogP contribution in [-0.4, -0.2) is 46.9 Å². The first kappa shape index (κ1) is 64.6. The molecule has 0 aliphatic carbocycles. The number of nitrogens with one attached hydrogen (secondary N) is 1. The van der Waals surface area contributed by atoms with Gasteiger partial charge in [0.25, 0.3) is 0 Å². The van der Waals surface area contributed by atoms with Crippen LogP contribution in [0, 0.1) is 0 Å². The van der Waals surface area contributed by atoms with Crippen molar-refractivity contribution in [2.75, 3.05) is 6.61 Å².